The van der Waals surface area contributed by atoms with Crippen LogP contribution in [-0.2, 0) is 12.4 Å². The minimum Gasteiger partial charge on any atom is -0.309 e. The summed E-state index contributed by atoms with van der Waals surface area (Å²) in [5, 5.41) is 2.18. The van der Waals surface area contributed by atoms with Crippen molar-refractivity contribution in [3.05, 3.63) is 198 Å². The molecule has 0 bridgehead atoms. The lowest BCUT2D eigenvalue weighted by Crippen LogP contribution is -2.05. The van der Waals surface area contributed by atoms with E-state index in [4.69, 9.17) is 15.0 Å². The van der Waals surface area contributed by atoms with Crippen molar-refractivity contribution in [1.82, 2.24) is 24.1 Å². The summed E-state index contributed by atoms with van der Waals surface area (Å²) in [6.45, 7) is 4.11. The largest absolute Gasteiger partial charge is 0.416 e. The Kier molecular flexibility index (Phi) is 9.44. The number of hydrogen-bond acceptors (Lipinski definition) is 3. The number of fused-ring (bicyclic) bond motifs is 6. The number of alkyl halides is 6. The Morgan fingerprint density at radius 2 is 0.742 bits per heavy atom. The third-order valence-electron chi connectivity index (χ3n) is 12.1. The summed E-state index contributed by atoms with van der Waals surface area (Å²) in [5.41, 5.74) is 7.69. The van der Waals surface area contributed by atoms with Crippen LogP contribution in [0.15, 0.2) is 176 Å². The van der Waals surface area contributed by atoms with Crippen LogP contribution in [-0.4, -0.2) is 24.1 Å². The highest BCUT2D eigenvalue weighted by Gasteiger charge is 2.34. The zero-order valence-electron chi connectivity index (χ0n) is 35.2. The van der Waals surface area contributed by atoms with E-state index in [2.05, 4.69) is 54.8 Å². The van der Waals surface area contributed by atoms with Crippen LogP contribution >= 0.6 is 0 Å². The van der Waals surface area contributed by atoms with E-state index in [-0.39, 0.29) is 10.8 Å². The van der Waals surface area contributed by atoms with Crippen LogP contribution < -0.4 is 0 Å². The summed E-state index contributed by atoms with van der Waals surface area (Å²) in [7, 11) is 0. The van der Waals surface area contributed by atoms with Gasteiger partial charge < -0.3 is 9.13 Å². The molecule has 0 amide bonds. The van der Waals surface area contributed by atoms with E-state index in [1.165, 1.54) is 12.1 Å². The smallest absolute Gasteiger partial charge is 0.309 e. The SMILES string of the molecule is Cc1ccc2c(c1)c1cc(C)ccc1n2-c1ccc(-c2nc(-c3ccccc3)nc(-c3ccccc3)n2)cc1-c1ccccc1-n1c2ccc(C(F)(F)F)cc2c2cc(C(F)(F)F)ccc21. The van der Waals surface area contributed by atoms with E-state index < -0.39 is 23.5 Å². The van der Waals surface area contributed by atoms with Crippen molar-refractivity contribution >= 4 is 43.6 Å². The minimum absolute atomic E-state index is 0.0370. The predicted octanol–water partition coefficient (Wildman–Crippen LogP) is 15.4. The third-order valence-corrected chi connectivity index (χ3v) is 12.1. The van der Waals surface area contributed by atoms with Gasteiger partial charge in [0.05, 0.1) is 44.6 Å². The molecular formula is C55H35F6N5. The summed E-state index contributed by atoms with van der Waals surface area (Å²) < 4.78 is 89.5. The fourth-order valence-corrected chi connectivity index (χ4v) is 9.07. The van der Waals surface area contributed by atoms with Crippen LogP contribution in [0.25, 0.3) is 100 Å². The Labute approximate surface area is 373 Å². The second-order valence-corrected chi connectivity index (χ2v) is 16.5. The third kappa shape index (κ3) is 6.95. The molecule has 0 saturated heterocycles. The molecule has 3 heterocycles. The molecule has 322 valence electrons. The monoisotopic (exact) mass is 879 g/mol. The number of halogens is 6. The molecule has 66 heavy (non-hydrogen) atoms. The molecule has 0 radical (unpaired) electrons. The Balaban J connectivity index is 1.23. The molecule has 0 aliphatic carbocycles. The standard InChI is InChI=1S/C55H35F6N5/c1-32-17-22-46-40(27-32)41-28-33(2)18-23-47(41)66(46)48-24-19-36(53-63-51(34-11-5-3-6-12-34)62-52(64-53)35-13-7-4-8-14-35)29-42(48)39-15-9-10-16-45(39)65-49-25-20-37(54(56,57)58)30-43(49)44-31-38(55(59,60)61)21-26-50(44)65/h3-31H,1-2H3. The summed E-state index contributed by atoms with van der Waals surface area (Å²) in [6.07, 6.45) is -9.46. The van der Waals surface area contributed by atoms with Crippen LogP contribution in [0.4, 0.5) is 26.3 Å². The van der Waals surface area contributed by atoms with Gasteiger partial charge in [-0.05, 0) is 98.8 Å². The first kappa shape index (κ1) is 40.7. The summed E-state index contributed by atoms with van der Waals surface area (Å²) in [6, 6.07) is 51.8. The van der Waals surface area contributed by atoms with E-state index in [9.17, 15) is 26.3 Å². The van der Waals surface area contributed by atoms with E-state index in [1.807, 2.05) is 103 Å². The van der Waals surface area contributed by atoms with Crippen molar-refractivity contribution in [1.29, 1.82) is 0 Å². The molecule has 0 aliphatic rings. The molecule has 0 saturated carbocycles. The van der Waals surface area contributed by atoms with Gasteiger partial charge in [0.25, 0.3) is 0 Å². The Morgan fingerprint density at radius 3 is 1.21 bits per heavy atom. The van der Waals surface area contributed by atoms with Gasteiger partial charge in [0, 0.05) is 49.4 Å². The number of nitrogens with zero attached hydrogens (tertiary/aromatic N) is 5. The maximum Gasteiger partial charge on any atom is 0.416 e. The number of aryl methyl sites for hydroxylation is 2. The van der Waals surface area contributed by atoms with E-state index >= 15 is 0 Å². The Bertz CT molecular complexity index is 3510. The Hall–Kier alpha value is -8.05. The Morgan fingerprint density at radius 1 is 0.348 bits per heavy atom. The summed E-state index contributed by atoms with van der Waals surface area (Å²) in [5.74, 6) is 1.35. The molecule has 0 atom stereocenters. The average Bonchev–Trinajstić information content (AvgIpc) is 3.82. The molecule has 0 N–H and O–H groups in total. The number of rotatable bonds is 6. The lowest BCUT2D eigenvalue weighted by Gasteiger charge is -2.20. The van der Waals surface area contributed by atoms with Gasteiger partial charge in [-0.3, -0.25) is 0 Å². The fraction of sp³-hybridized carbons (Fsp3) is 0.0727. The molecule has 11 aromatic rings. The van der Waals surface area contributed by atoms with Crippen LogP contribution in [0, 0.1) is 13.8 Å². The molecule has 5 nitrogen and oxygen atoms in total. The highest BCUT2D eigenvalue weighted by molar-refractivity contribution is 6.12. The molecule has 11 rings (SSSR count). The predicted molar refractivity (Wildman–Crippen MR) is 250 cm³/mol. The zero-order valence-corrected chi connectivity index (χ0v) is 35.2. The first-order valence-corrected chi connectivity index (χ1v) is 21.2. The summed E-state index contributed by atoms with van der Waals surface area (Å²) >= 11 is 0. The molecule has 3 aromatic heterocycles. The quantitative estimate of drug-likeness (QED) is 0.156. The number of aromatic nitrogens is 5. The molecule has 8 aromatic carbocycles. The molecule has 11 heteroatoms. The maximum absolute atomic E-state index is 14.3. The van der Waals surface area contributed by atoms with Crippen molar-refractivity contribution in [2.75, 3.05) is 0 Å². The number of hydrogen-bond donors (Lipinski definition) is 0. The second kappa shape index (κ2) is 15.3. The van der Waals surface area contributed by atoms with Gasteiger partial charge in [0.1, 0.15) is 0 Å². The van der Waals surface area contributed by atoms with Crippen LogP contribution in [0.1, 0.15) is 22.3 Å². The number of para-hydroxylation sites is 1. The average molecular weight is 880 g/mol. The van der Waals surface area contributed by atoms with Gasteiger partial charge in [-0.2, -0.15) is 26.3 Å². The topological polar surface area (TPSA) is 48.5 Å². The second-order valence-electron chi connectivity index (χ2n) is 16.5. The van der Waals surface area contributed by atoms with Crippen molar-refractivity contribution in [3.63, 3.8) is 0 Å². The van der Waals surface area contributed by atoms with Gasteiger partial charge in [-0.15, -0.1) is 0 Å². The van der Waals surface area contributed by atoms with Gasteiger partial charge in [-0.25, -0.2) is 15.0 Å². The van der Waals surface area contributed by atoms with Gasteiger partial charge in [0.15, 0.2) is 17.5 Å². The normalized spacial score (nSPS) is 12.2. The molecule has 0 spiro atoms. The highest BCUT2D eigenvalue weighted by atomic mass is 19.4. The van der Waals surface area contributed by atoms with Crippen LogP contribution in [0.2, 0.25) is 0 Å². The van der Waals surface area contributed by atoms with E-state index in [0.717, 1.165) is 74.0 Å². The van der Waals surface area contributed by atoms with Gasteiger partial charge >= 0.3 is 12.4 Å². The summed E-state index contributed by atoms with van der Waals surface area (Å²) in [4.78, 5) is 15.0. The minimum atomic E-state index is -4.73. The first-order chi connectivity index (χ1) is 31.8. The fourth-order valence-electron chi connectivity index (χ4n) is 9.07. The molecule has 0 aliphatic heterocycles. The van der Waals surface area contributed by atoms with Gasteiger partial charge in [-0.1, -0.05) is 102 Å². The van der Waals surface area contributed by atoms with E-state index in [0.29, 0.717) is 50.9 Å². The van der Waals surface area contributed by atoms with Crippen molar-refractivity contribution in [2.45, 2.75) is 26.2 Å². The van der Waals surface area contributed by atoms with E-state index in [1.54, 1.807) is 4.57 Å². The van der Waals surface area contributed by atoms with Gasteiger partial charge in [0.2, 0.25) is 0 Å². The first-order valence-electron chi connectivity index (χ1n) is 21.2. The van der Waals surface area contributed by atoms with Crippen molar-refractivity contribution in [2.24, 2.45) is 0 Å². The van der Waals surface area contributed by atoms with Crippen molar-refractivity contribution < 1.29 is 26.3 Å². The van der Waals surface area contributed by atoms with Crippen LogP contribution in [0.3, 0.4) is 0 Å². The number of benzene rings is 8. The lowest BCUT2D eigenvalue weighted by molar-refractivity contribution is -0.138. The molecular weight excluding hydrogens is 845 g/mol. The highest BCUT2D eigenvalue weighted by Crippen LogP contribution is 2.44. The molecule has 0 fully saturated rings. The maximum atomic E-state index is 14.3. The molecule has 0 unspecified atom stereocenters. The van der Waals surface area contributed by atoms with Crippen LogP contribution in [0.5, 0.6) is 0 Å². The lowest BCUT2D eigenvalue weighted by atomic mass is 9.98. The zero-order chi connectivity index (χ0) is 45.5. The van der Waals surface area contributed by atoms with Crippen molar-refractivity contribution in [3.8, 4) is 56.7 Å².